The quantitative estimate of drug-likeness (QED) is 0.603. The van der Waals surface area contributed by atoms with Crippen LogP contribution < -0.4 is 10.4 Å². The van der Waals surface area contributed by atoms with Gasteiger partial charge >= 0.3 is 11.6 Å². The topological polar surface area (TPSA) is 65.7 Å². The van der Waals surface area contributed by atoms with E-state index in [1.54, 1.807) is 13.0 Å². The predicted molar refractivity (Wildman–Crippen MR) is 87.9 cm³/mol. The molecular formula is C18H22O5. The van der Waals surface area contributed by atoms with Crippen LogP contribution in [0.25, 0.3) is 11.0 Å². The highest BCUT2D eigenvalue weighted by Gasteiger charge is 2.21. The number of hydrogen-bond donors (Lipinski definition) is 0. The van der Waals surface area contributed by atoms with Crippen molar-refractivity contribution in [3.63, 3.8) is 0 Å². The first-order valence-electron chi connectivity index (χ1n) is 7.90. The molecule has 5 heteroatoms. The fraction of sp³-hybridized carbons (Fsp3) is 0.444. The summed E-state index contributed by atoms with van der Waals surface area (Å²) in [5.41, 5.74) is 1.87. The van der Waals surface area contributed by atoms with Crippen molar-refractivity contribution in [2.45, 2.75) is 46.6 Å². The average Bonchev–Trinajstić information content (AvgIpc) is 2.51. The summed E-state index contributed by atoms with van der Waals surface area (Å²) in [6, 6.07) is 5.10. The van der Waals surface area contributed by atoms with Crippen LogP contribution in [0.3, 0.4) is 0 Å². The van der Waals surface area contributed by atoms with Crippen LogP contribution >= 0.6 is 0 Å². The molecule has 0 saturated heterocycles. The Hall–Kier alpha value is -2.30. The highest BCUT2D eigenvalue weighted by molar-refractivity contribution is 5.83. The van der Waals surface area contributed by atoms with Crippen molar-refractivity contribution in [3.8, 4) is 5.75 Å². The number of carbonyl (C=O) groups excluding carboxylic acids is 1. The molecule has 0 radical (unpaired) electrons. The van der Waals surface area contributed by atoms with Crippen molar-refractivity contribution in [2.75, 3.05) is 6.61 Å². The molecule has 0 spiro atoms. The smallest absolute Gasteiger partial charge is 0.347 e. The minimum atomic E-state index is -0.672. The van der Waals surface area contributed by atoms with Crippen LogP contribution in [0.4, 0.5) is 0 Å². The predicted octanol–water partition coefficient (Wildman–Crippen LogP) is 3.38. The Morgan fingerprint density at radius 3 is 2.57 bits per heavy atom. The lowest BCUT2D eigenvalue weighted by atomic mass is 10.0. The fourth-order valence-electron chi connectivity index (χ4n) is 2.46. The first kappa shape index (κ1) is 17.1. The molecule has 0 N–H and O–H groups in total. The Kier molecular flexibility index (Phi) is 5.42. The monoisotopic (exact) mass is 318 g/mol. The van der Waals surface area contributed by atoms with Gasteiger partial charge in [0.2, 0.25) is 0 Å². The number of esters is 1. The van der Waals surface area contributed by atoms with Crippen LogP contribution in [-0.4, -0.2) is 18.7 Å². The molecule has 0 bridgehead atoms. The van der Waals surface area contributed by atoms with E-state index in [2.05, 4.69) is 0 Å². The van der Waals surface area contributed by atoms with E-state index >= 15 is 0 Å². The second-order valence-electron chi connectivity index (χ2n) is 5.32. The molecule has 0 aliphatic carbocycles. The molecule has 0 fully saturated rings. The van der Waals surface area contributed by atoms with Crippen LogP contribution in [0.5, 0.6) is 5.75 Å². The number of carbonyl (C=O) groups is 1. The lowest BCUT2D eigenvalue weighted by Gasteiger charge is -2.18. The minimum Gasteiger partial charge on any atom is -0.478 e. The van der Waals surface area contributed by atoms with Crippen LogP contribution in [-0.2, 0) is 16.0 Å². The highest BCUT2D eigenvalue weighted by Crippen LogP contribution is 2.29. The van der Waals surface area contributed by atoms with E-state index in [9.17, 15) is 9.59 Å². The summed E-state index contributed by atoms with van der Waals surface area (Å²) in [7, 11) is 0. The van der Waals surface area contributed by atoms with Crippen molar-refractivity contribution in [3.05, 3.63) is 39.7 Å². The highest BCUT2D eigenvalue weighted by atomic mass is 16.6. The zero-order chi connectivity index (χ0) is 17.0. The molecule has 1 aromatic heterocycles. The molecule has 0 aliphatic heterocycles. The number of benzene rings is 1. The first-order chi connectivity index (χ1) is 11.0. The molecule has 1 heterocycles. The van der Waals surface area contributed by atoms with Gasteiger partial charge in [-0.1, -0.05) is 13.8 Å². The molecule has 5 nitrogen and oxygen atoms in total. The van der Waals surface area contributed by atoms with Crippen LogP contribution in [0.2, 0.25) is 0 Å². The molecule has 2 aromatic rings. The summed E-state index contributed by atoms with van der Waals surface area (Å²) in [5, 5.41) is 0.873. The number of rotatable bonds is 6. The SMILES string of the molecule is CCOC(=O)[C@H](CC)Oc1cc2oc(=O)cc(C)c2cc1CC. The lowest BCUT2D eigenvalue weighted by Crippen LogP contribution is -2.29. The molecule has 0 saturated carbocycles. The second kappa shape index (κ2) is 7.31. The van der Waals surface area contributed by atoms with E-state index in [0.29, 0.717) is 24.4 Å². The molecule has 0 unspecified atom stereocenters. The molecular weight excluding hydrogens is 296 g/mol. The number of aryl methyl sites for hydroxylation is 2. The van der Waals surface area contributed by atoms with Crippen molar-refractivity contribution >= 4 is 16.9 Å². The van der Waals surface area contributed by atoms with Gasteiger partial charge in [-0.25, -0.2) is 9.59 Å². The fourth-order valence-corrected chi connectivity index (χ4v) is 2.46. The van der Waals surface area contributed by atoms with E-state index in [1.165, 1.54) is 6.07 Å². The van der Waals surface area contributed by atoms with Gasteiger partial charge in [0.15, 0.2) is 6.10 Å². The van der Waals surface area contributed by atoms with Crippen molar-refractivity contribution in [1.29, 1.82) is 0 Å². The Morgan fingerprint density at radius 1 is 1.22 bits per heavy atom. The van der Waals surface area contributed by atoms with Crippen LogP contribution in [0.1, 0.15) is 38.3 Å². The molecule has 23 heavy (non-hydrogen) atoms. The Morgan fingerprint density at radius 2 is 1.96 bits per heavy atom. The maximum absolute atomic E-state index is 11.9. The standard InChI is InChI=1S/C18H22O5/c1-5-12-9-13-11(4)8-17(19)23-16(13)10-15(12)22-14(6-2)18(20)21-7-3/h8-10,14H,5-7H2,1-4H3/t14-/m0/s1. The van der Waals surface area contributed by atoms with E-state index < -0.39 is 11.7 Å². The van der Waals surface area contributed by atoms with E-state index in [4.69, 9.17) is 13.9 Å². The van der Waals surface area contributed by atoms with Crippen LogP contribution in [0, 0.1) is 6.92 Å². The van der Waals surface area contributed by atoms with Gasteiger partial charge in [-0.2, -0.15) is 0 Å². The maximum atomic E-state index is 11.9. The van der Waals surface area contributed by atoms with Gasteiger partial charge in [-0.05, 0) is 43.9 Å². The zero-order valence-electron chi connectivity index (χ0n) is 14.0. The molecule has 0 aliphatic rings. The average molecular weight is 318 g/mol. The molecule has 124 valence electrons. The maximum Gasteiger partial charge on any atom is 0.347 e. The zero-order valence-corrected chi connectivity index (χ0v) is 14.0. The second-order valence-corrected chi connectivity index (χ2v) is 5.32. The Labute approximate surface area is 135 Å². The van der Waals surface area contributed by atoms with Gasteiger partial charge in [0.05, 0.1) is 6.61 Å². The summed E-state index contributed by atoms with van der Waals surface area (Å²) in [4.78, 5) is 23.5. The van der Waals surface area contributed by atoms with Crippen molar-refractivity contribution in [1.82, 2.24) is 0 Å². The van der Waals surface area contributed by atoms with E-state index in [0.717, 1.165) is 22.9 Å². The van der Waals surface area contributed by atoms with Gasteiger partial charge in [0.1, 0.15) is 11.3 Å². The summed E-state index contributed by atoms with van der Waals surface area (Å²) in [6.07, 6.45) is 0.565. The third-order valence-electron chi connectivity index (χ3n) is 3.70. The molecule has 0 amide bonds. The summed E-state index contributed by atoms with van der Waals surface area (Å²) in [5.74, 6) is 0.163. The molecule has 1 atom stereocenters. The number of hydrogen-bond acceptors (Lipinski definition) is 5. The van der Waals surface area contributed by atoms with Crippen molar-refractivity contribution in [2.24, 2.45) is 0 Å². The van der Waals surface area contributed by atoms with Gasteiger partial charge < -0.3 is 13.9 Å². The summed E-state index contributed by atoms with van der Waals surface area (Å²) < 4.78 is 16.1. The Balaban J connectivity index is 2.46. The third kappa shape index (κ3) is 3.73. The van der Waals surface area contributed by atoms with E-state index in [-0.39, 0.29) is 5.97 Å². The summed E-state index contributed by atoms with van der Waals surface area (Å²) in [6.45, 7) is 7.81. The minimum absolute atomic E-state index is 0.311. The number of fused-ring (bicyclic) bond motifs is 1. The van der Waals surface area contributed by atoms with Gasteiger partial charge in [0, 0.05) is 17.5 Å². The lowest BCUT2D eigenvalue weighted by molar-refractivity contribution is -0.151. The van der Waals surface area contributed by atoms with Gasteiger partial charge in [-0.3, -0.25) is 0 Å². The number of ether oxygens (including phenoxy) is 2. The van der Waals surface area contributed by atoms with Crippen LogP contribution in [0.15, 0.2) is 27.4 Å². The van der Waals surface area contributed by atoms with Gasteiger partial charge in [-0.15, -0.1) is 0 Å². The normalized spacial score (nSPS) is 12.2. The summed E-state index contributed by atoms with van der Waals surface area (Å²) >= 11 is 0. The van der Waals surface area contributed by atoms with E-state index in [1.807, 2.05) is 26.8 Å². The van der Waals surface area contributed by atoms with Gasteiger partial charge in [0.25, 0.3) is 0 Å². The largest absolute Gasteiger partial charge is 0.478 e. The molecule has 2 rings (SSSR count). The first-order valence-corrected chi connectivity index (χ1v) is 7.90. The third-order valence-corrected chi connectivity index (χ3v) is 3.70. The molecule has 1 aromatic carbocycles. The Bertz CT molecular complexity index is 760. The van der Waals surface area contributed by atoms with Crippen molar-refractivity contribution < 1.29 is 18.7 Å².